The number of nitrogens with zero attached hydrogens (tertiary/aromatic N) is 2. The second-order valence-electron chi connectivity index (χ2n) is 6.00. The molecule has 2 aliphatic rings. The number of hydroxylamine groups is 1. The maximum atomic E-state index is 12.3. The molecule has 0 bridgehead atoms. The zero-order chi connectivity index (χ0) is 18.4. The molecular formula is C17H12ClN3O5. The highest BCUT2D eigenvalue weighted by atomic mass is 35.5. The summed E-state index contributed by atoms with van der Waals surface area (Å²) in [6, 6.07) is 12.0. The summed E-state index contributed by atoms with van der Waals surface area (Å²) in [6.45, 7) is 0. The summed E-state index contributed by atoms with van der Waals surface area (Å²) in [4.78, 5) is 40.5. The van der Waals surface area contributed by atoms with Gasteiger partial charge in [-0.2, -0.15) is 0 Å². The number of benzene rings is 2. The number of hydrogen-bond acceptors (Lipinski definition) is 6. The fourth-order valence-electron chi connectivity index (χ4n) is 3.28. The first-order chi connectivity index (χ1) is 12.5. The molecule has 2 saturated heterocycles. The van der Waals surface area contributed by atoms with Crippen molar-refractivity contribution in [3.05, 3.63) is 69.2 Å². The second-order valence-corrected chi connectivity index (χ2v) is 6.44. The Bertz CT molecular complexity index is 900. The molecular weight excluding hydrogens is 362 g/mol. The first-order valence-electron chi connectivity index (χ1n) is 7.76. The van der Waals surface area contributed by atoms with Gasteiger partial charge in [-0.25, -0.2) is 5.06 Å². The number of anilines is 1. The van der Waals surface area contributed by atoms with Gasteiger partial charge in [0.15, 0.2) is 6.10 Å². The van der Waals surface area contributed by atoms with E-state index in [1.807, 2.05) is 0 Å². The molecule has 2 aromatic rings. The molecule has 26 heavy (non-hydrogen) atoms. The van der Waals surface area contributed by atoms with E-state index in [1.165, 1.54) is 17.2 Å². The number of carbonyl (C=O) groups is 2. The fourth-order valence-corrected chi connectivity index (χ4v) is 3.40. The quantitative estimate of drug-likeness (QED) is 0.503. The van der Waals surface area contributed by atoms with Crippen LogP contribution in [0.15, 0.2) is 48.5 Å². The Morgan fingerprint density at radius 1 is 1.04 bits per heavy atom. The molecule has 132 valence electrons. The highest BCUT2D eigenvalue weighted by Gasteiger charge is 2.56. The van der Waals surface area contributed by atoms with Crippen molar-refractivity contribution in [2.24, 2.45) is 5.92 Å². The number of nitrogens with one attached hydrogen (secondary N) is 1. The molecule has 2 aliphatic heterocycles. The van der Waals surface area contributed by atoms with Crippen LogP contribution in [0.4, 0.5) is 11.4 Å². The Morgan fingerprint density at radius 2 is 1.69 bits per heavy atom. The van der Waals surface area contributed by atoms with E-state index in [1.54, 1.807) is 36.4 Å². The predicted octanol–water partition coefficient (Wildman–Crippen LogP) is 2.38. The Balaban J connectivity index is 1.77. The van der Waals surface area contributed by atoms with E-state index < -0.39 is 34.8 Å². The molecule has 8 nitrogen and oxygen atoms in total. The number of amides is 2. The number of fused-ring (bicyclic) bond motifs is 1. The molecule has 0 radical (unpaired) electrons. The lowest BCUT2D eigenvalue weighted by Crippen LogP contribution is -2.33. The number of nitro groups is 1. The summed E-state index contributed by atoms with van der Waals surface area (Å²) >= 11 is 5.92. The van der Waals surface area contributed by atoms with Crippen LogP contribution in [0.3, 0.4) is 0 Å². The maximum absolute atomic E-state index is 12.3. The Morgan fingerprint density at radius 3 is 2.31 bits per heavy atom. The highest BCUT2D eigenvalue weighted by Crippen LogP contribution is 2.44. The van der Waals surface area contributed by atoms with E-state index >= 15 is 0 Å². The normalized spacial score (nSPS) is 24.5. The third kappa shape index (κ3) is 2.59. The minimum absolute atomic E-state index is 0.0609. The van der Waals surface area contributed by atoms with Crippen LogP contribution in [0.2, 0.25) is 5.02 Å². The standard InChI is InChI=1S/C17H12ClN3O5/c18-10-3-7-11(8-4-10)20-14(9-1-5-12(6-2-9)21(24)25)13-15(26-20)17(23)19-16(13)22/h1-8,13-15H,(H,19,22,23)/t13-,14-,15+/m1/s1. The molecule has 0 aliphatic carbocycles. The van der Waals surface area contributed by atoms with E-state index in [2.05, 4.69) is 5.32 Å². The topological polar surface area (TPSA) is 102 Å². The SMILES string of the molecule is O=C1NC(=O)[C@H]2ON(c3ccc(Cl)cc3)[C@H](c3ccc([N+](=O)[O-])cc3)[C@@H]12. The third-order valence-electron chi connectivity index (χ3n) is 4.48. The van der Waals surface area contributed by atoms with E-state index in [4.69, 9.17) is 16.4 Å². The predicted molar refractivity (Wildman–Crippen MR) is 91.3 cm³/mol. The zero-order valence-electron chi connectivity index (χ0n) is 13.2. The van der Waals surface area contributed by atoms with Crippen LogP contribution in [-0.2, 0) is 14.4 Å². The number of nitro benzene ring substituents is 1. The van der Waals surface area contributed by atoms with Gasteiger partial charge in [-0.3, -0.25) is 29.9 Å². The monoisotopic (exact) mass is 373 g/mol. The van der Waals surface area contributed by atoms with Crippen molar-refractivity contribution in [2.45, 2.75) is 12.1 Å². The first kappa shape index (κ1) is 16.5. The van der Waals surface area contributed by atoms with Crippen LogP contribution in [0.5, 0.6) is 0 Å². The van der Waals surface area contributed by atoms with E-state index in [0.29, 0.717) is 16.3 Å². The van der Waals surface area contributed by atoms with Crippen LogP contribution < -0.4 is 10.4 Å². The van der Waals surface area contributed by atoms with Crippen molar-refractivity contribution in [3.8, 4) is 0 Å². The summed E-state index contributed by atoms with van der Waals surface area (Å²) in [7, 11) is 0. The van der Waals surface area contributed by atoms with Gasteiger partial charge >= 0.3 is 0 Å². The summed E-state index contributed by atoms with van der Waals surface area (Å²) in [5.41, 5.74) is 1.19. The van der Waals surface area contributed by atoms with Crippen molar-refractivity contribution in [1.29, 1.82) is 0 Å². The van der Waals surface area contributed by atoms with Crippen molar-refractivity contribution in [3.63, 3.8) is 0 Å². The number of hydrogen-bond donors (Lipinski definition) is 1. The van der Waals surface area contributed by atoms with Gasteiger partial charge in [-0.15, -0.1) is 0 Å². The van der Waals surface area contributed by atoms with Crippen LogP contribution in [0.25, 0.3) is 0 Å². The van der Waals surface area contributed by atoms with Crippen LogP contribution >= 0.6 is 11.6 Å². The Hall–Kier alpha value is -2.97. The van der Waals surface area contributed by atoms with Crippen LogP contribution in [0.1, 0.15) is 11.6 Å². The Kier molecular flexibility index (Phi) is 3.86. The number of rotatable bonds is 3. The second kappa shape index (κ2) is 6.08. The lowest BCUT2D eigenvalue weighted by atomic mass is 9.90. The van der Waals surface area contributed by atoms with Crippen molar-refractivity contribution in [2.75, 3.05) is 5.06 Å². The van der Waals surface area contributed by atoms with Gasteiger partial charge in [0.1, 0.15) is 5.92 Å². The van der Waals surface area contributed by atoms with Crippen molar-refractivity contribution >= 4 is 34.8 Å². The summed E-state index contributed by atoms with van der Waals surface area (Å²) < 4.78 is 0. The lowest BCUT2D eigenvalue weighted by Gasteiger charge is -2.27. The number of imide groups is 1. The average Bonchev–Trinajstić information content (AvgIpc) is 3.14. The average molecular weight is 374 g/mol. The molecule has 0 spiro atoms. The third-order valence-corrected chi connectivity index (χ3v) is 4.73. The molecule has 4 rings (SSSR count). The smallest absolute Gasteiger partial charge is 0.269 e. The highest BCUT2D eigenvalue weighted by molar-refractivity contribution is 6.30. The van der Waals surface area contributed by atoms with E-state index in [-0.39, 0.29) is 5.69 Å². The minimum Gasteiger partial charge on any atom is -0.294 e. The molecule has 2 heterocycles. The summed E-state index contributed by atoms with van der Waals surface area (Å²) in [5.74, 6) is -1.68. The summed E-state index contributed by atoms with van der Waals surface area (Å²) in [6.07, 6.45) is -0.946. The largest absolute Gasteiger partial charge is 0.294 e. The van der Waals surface area contributed by atoms with Gasteiger partial charge < -0.3 is 0 Å². The van der Waals surface area contributed by atoms with Crippen LogP contribution in [0, 0.1) is 16.0 Å². The van der Waals surface area contributed by atoms with Crippen LogP contribution in [-0.4, -0.2) is 22.8 Å². The van der Waals surface area contributed by atoms with Gasteiger partial charge in [-0.1, -0.05) is 23.7 Å². The molecule has 3 atom stereocenters. The summed E-state index contributed by atoms with van der Waals surface area (Å²) in [5, 5.41) is 15.2. The molecule has 2 aromatic carbocycles. The molecule has 2 fully saturated rings. The molecule has 1 N–H and O–H groups in total. The van der Waals surface area contributed by atoms with Gasteiger partial charge in [0.25, 0.3) is 11.6 Å². The van der Waals surface area contributed by atoms with Crippen molar-refractivity contribution in [1.82, 2.24) is 5.32 Å². The lowest BCUT2D eigenvalue weighted by molar-refractivity contribution is -0.384. The number of halogens is 1. The molecule has 0 aromatic heterocycles. The molecule has 0 saturated carbocycles. The van der Waals surface area contributed by atoms with Gasteiger partial charge in [0.05, 0.1) is 16.7 Å². The van der Waals surface area contributed by atoms with Gasteiger partial charge in [-0.05, 0) is 29.8 Å². The van der Waals surface area contributed by atoms with Gasteiger partial charge in [0, 0.05) is 17.2 Å². The number of non-ortho nitro benzene ring substituents is 1. The zero-order valence-corrected chi connectivity index (χ0v) is 13.9. The van der Waals surface area contributed by atoms with E-state index in [9.17, 15) is 19.7 Å². The number of carbonyl (C=O) groups excluding carboxylic acids is 2. The molecule has 0 unspecified atom stereocenters. The van der Waals surface area contributed by atoms with Crippen molar-refractivity contribution < 1.29 is 19.3 Å². The van der Waals surface area contributed by atoms with E-state index in [0.717, 1.165) is 0 Å². The fraction of sp³-hybridized carbons (Fsp3) is 0.176. The minimum atomic E-state index is -0.946. The molecule has 9 heteroatoms. The first-order valence-corrected chi connectivity index (χ1v) is 8.14. The van der Waals surface area contributed by atoms with Gasteiger partial charge in [0.2, 0.25) is 5.91 Å². The Labute approximate surface area is 152 Å². The molecule has 2 amide bonds. The maximum Gasteiger partial charge on any atom is 0.269 e.